The fourth-order valence-electron chi connectivity index (χ4n) is 4.62. The minimum atomic E-state index is -0.510. The second-order valence-corrected chi connectivity index (χ2v) is 10.2. The first-order valence-corrected chi connectivity index (χ1v) is 14.7. The molecule has 0 aromatic heterocycles. The molecule has 0 aliphatic carbocycles. The number of hydrogen-bond donors (Lipinski definition) is 1. The lowest BCUT2D eigenvalue weighted by Crippen LogP contribution is -2.33. The van der Waals surface area contributed by atoms with E-state index in [1.807, 2.05) is 6.07 Å². The molecule has 4 heteroatoms. The Bertz CT molecular complexity index is 631. The van der Waals surface area contributed by atoms with Gasteiger partial charge in [-0.2, -0.15) is 5.48 Å². The third-order valence-electron chi connectivity index (χ3n) is 6.94. The first kappa shape index (κ1) is 31.2. The van der Waals surface area contributed by atoms with Crippen molar-refractivity contribution in [2.45, 2.75) is 142 Å². The Morgan fingerprint density at radius 2 is 1.03 bits per heavy atom. The number of hydroxylamine groups is 1. The van der Waals surface area contributed by atoms with Crippen molar-refractivity contribution in [3.8, 4) is 0 Å². The van der Waals surface area contributed by atoms with E-state index in [0.717, 1.165) is 25.7 Å². The molecule has 4 nitrogen and oxygen atoms in total. The zero-order valence-electron chi connectivity index (χ0n) is 22.8. The molecule has 1 atom stereocenters. The second kappa shape index (κ2) is 22.6. The minimum absolute atomic E-state index is 0.0762. The lowest BCUT2D eigenvalue weighted by molar-refractivity contribution is -0.134. The normalized spacial score (nSPS) is 11.8. The van der Waals surface area contributed by atoms with Crippen molar-refractivity contribution in [2.24, 2.45) is 5.92 Å². The molecule has 0 aliphatic rings. The SMILES string of the molecule is CCCCCCCCCCCCC(CCCCCCCCCC)C(=O)NOC(=O)c1ccccc1. The van der Waals surface area contributed by atoms with Gasteiger partial charge in [0.15, 0.2) is 0 Å². The average Bonchev–Trinajstić information content (AvgIpc) is 2.88. The molecule has 1 aromatic carbocycles. The van der Waals surface area contributed by atoms with Gasteiger partial charge in [0.1, 0.15) is 0 Å². The zero-order valence-corrected chi connectivity index (χ0v) is 22.8. The lowest BCUT2D eigenvalue weighted by Gasteiger charge is -2.16. The molecule has 1 aromatic rings. The van der Waals surface area contributed by atoms with Crippen LogP contribution in [0.5, 0.6) is 0 Å². The van der Waals surface area contributed by atoms with Crippen molar-refractivity contribution in [1.29, 1.82) is 0 Å². The van der Waals surface area contributed by atoms with E-state index in [4.69, 9.17) is 4.84 Å². The van der Waals surface area contributed by atoms with Crippen LogP contribution in [-0.2, 0) is 9.63 Å². The van der Waals surface area contributed by atoms with Gasteiger partial charge in [0, 0.05) is 5.92 Å². The van der Waals surface area contributed by atoms with Gasteiger partial charge < -0.3 is 4.84 Å². The summed E-state index contributed by atoms with van der Waals surface area (Å²) in [6, 6.07) is 8.80. The highest BCUT2D eigenvalue weighted by molar-refractivity contribution is 5.90. The first-order chi connectivity index (χ1) is 17.2. The molecule has 0 bridgehead atoms. The quantitative estimate of drug-likeness (QED) is 0.131. The Hall–Kier alpha value is -1.84. The van der Waals surface area contributed by atoms with Crippen LogP contribution in [0.1, 0.15) is 153 Å². The van der Waals surface area contributed by atoms with Gasteiger partial charge in [-0.05, 0) is 25.0 Å². The number of amides is 1. The number of carbonyl (C=O) groups excluding carboxylic acids is 2. The van der Waals surface area contributed by atoms with E-state index in [2.05, 4.69) is 19.3 Å². The van der Waals surface area contributed by atoms with Gasteiger partial charge in [-0.3, -0.25) is 4.79 Å². The van der Waals surface area contributed by atoms with Crippen molar-refractivity contribution in [2.75, 3.05) is 0 Å². The number of unbranched alkanes of at least 4 members (excludes halogenated alkanes) is 16. The van der Waals surface area contributed by atoms with Gasteiger partial charge in [-0.1, -0.05) is 148 Å². The Labute approximate surface area is 215 Å². The average molecular weight is 488 g/mol. The van der Waals surface area contributed by atoms with Gasteiger partial charge in [0.05, 0.1) is 5.56 Å². The minimum Gasteiger partial charge on any atom is -0.335 e. The Morgan fingerprint density at radius 3 is 1.46 bits per heavy atom. The lowest BCUT2D eigenvalue weighted by atomic mass is 9.93. The molecule has 1 N–H and O–H groups in total. The molecule has 200 valence electrons. The van der Waals surface area contributed by atoms with Crippen LogP contribution >= 0.6 is 0 Å². The van der Waals surface area contributed by atoms with Crippen molar-refractivity contribution < 1.29 is 14.4 Å². The smallest absolute Gasteiger partial charge is 0.335 e. The van der Waals surface area contributed by atoms with Crippen LogP contribution < -0.4 is 5.48 Å². The Morgan fingerprint density at radius 1 is 0.629 bits per heavy atom. The van der Waals surface area contributed by atoms with E-state index in [1.165, 1.54) is 103 Å². The summed E-state index contributed by atoms with van der Waals surface area (Å²) in [7, 11) is 0. The van der Waals surface area contributed by atoms with Gasteiger partial charge in [0.25, 0.3) is 5.91 Å². The maximum atomic E-state index is 12.8. The van der Waals surface area contributed by atoms with Crippen LogP contribution in [0, 0.1) is 5.92 Å². The largest absolute Gasteiger partial charge is 0.362 e. The molecular formula is C31H53NO3. The summed E-state index contributed by atoms with van der Waals surface area (Å²) in [5, 5.41) is 0. The first-order valence-electron chi connectivity index (χ1n) is 14.7. The summed E-state index contributed by atoms with van der Waals surface area (Å²) in [5.74, 6) is -0.732. The fraction of sp³-hybridized carbons (Fsp3) is 0.742. The third kappa shape index (κ3) is 17.3. The van der Waals surface area contributed by atoms with Gasteiger partial charge in [-0.25, -0.2) is 4.79 Å². The van der Waals surface area contributed by atoms with Crippen LogP contribution in [0.4, 0.5) is 0 Å². The molecular weight excluding hydrogens is 434 g/mol. The maximum Gasteiger partial charge on any atom is 0.362 e. The molecule has 1 rings (SSSR count). The summed E-state index contributed by atoms with van der Waals surface area (Å²) in [5.41, 5.74) is 2.90. The van der Waals surface area contributed by atoms with Crippen molar-refractivity contribution in [3.63, 3.8) is 0 Å². The summed E-state index contributed by atoms with van der Waals surface area (Å²) in [6.45, 7) is 4.51. The topological polar surface area (TPSA) is 55.4 Å². The highest BCUT2D eigenvalue weighted by Gasteiger charge is 2.19. The number of rotatable bonds is 22. The maximum absolute atomic E-state index is 12.8. The van der Waals surface area contributed by atoms with E-state index in [0.29, 0.717) is 5.56 Å². The molecule has 1 unspecified atom stereocenters. The molecule has 0 heterocycles. The molecule has 35 heavy (non-hydrogen) atoms. The number of benzene rings is 1. The van der Waals surface area contributed by atoms with Crippen LogP contribution in [0.15, 0.2) is 30.3 Å². The Balaban J connectivity index is 2.32. The van der Waals surface area contributed by atoms with E-state index in [-0.39, 0.29) is 11.8 Å². The van der Waals surface area contributed by atoms with Crippen molar-refractivity contribution in [3.05, 3.63) is 35.9 Å². The van der Waals surface area contributed by atoms with Crippen LogP contribution in [0.3, 0.4) is 0 Å². The molecule has 0 saturated carbocycles. The van der Waals surface area contributed by atoms with E-state index in [1.54, 1.807) is 24.3 Å². The van der Waals surface area contributed by atoms with Crippen LogP contribution in [0.2, 0.25) is 0 Å². The molecule has 0 radical (unpaired) electrons. The molecule has 0 aliphatic heterocycles. The van der Waals surface area contributed by atoms with E-state index in [9.17, 15) is 9.59 Å². The predicted octanol–water partition coefficient (Wildman–Crippen LogP) is 9.33. The number of nitrogens with one attached hydrogen (secondary N) is 1. The van der Waals surface area contributed by atoms with Gasteiger partial charge in [0.2, 0.25) is 0 Å². The van der Waals surface area contributed by atoms with Crippen LogP contribution in [0.25, 0.3) is 0 Å². The van der Waals surface area contributed by atoms with Gasteiger partial charge in [-0.15, -0.1) is 0 Å². The standard InChI is InChI=1S/C31H53NO3/c1-3-5-7-9-11-13-14-16-18-21-25-28(24-20-17-15-12-10-8-6-4-2)30(33)32-35-31(34)29-26-22-19-23-27-29/h19,22-23,26-28H,3-18,20-21,24-25H2,1-2H3,(H,32,33). The van der Waals surface area contributed by atoms with Crippen molar-refractivity contribution >= 4 is 11.9 Å². The molecule has 0 spiro atoms. The molecule has 0 fully saturated rings. The van der Waals surface area contributed by atoms with Gasteiger partial charge >= 0.3 is 5.97 Å². The predicted molar refractivity (Wildman–Crippen MR) is 147 cm³/mol. The third-order valence-corrected chi connectivity index (χ3v) is 6.94. The van der Waals surface area contributed by atoms with E-state index < -0.39 is 5.97 Å². The van der Waals surface area contributed by atoms with Crippen molar-refractivity contribution in [1.82, 2.24) is 5.48 Å². The summed E-state index contributed by atoms with van der Waals surface area (Å²) in [4.78, 5) is 30.1. The highest BCUT2D eigenvalue weighted by atomic mass is 16.7. The zero-order chi connectivity index (χ0) is 25.4. The fourth-order valence-corrected chi connectivity index (χ4v) is 4.62. The second-order valence-electron chi connectivity index (χ2n) is 10.2. The number of hydrogen-bond acceptors (Lipinski definition) is 3. The highest BCUT2D eigenvalue weighted by Crippen LogP contribution is 2.20. The monoisotopic (exact) mass is 487 g/mol. The molecule has 1 amide bonds. The molecule has 0 saturated heterocycles. The van der Waals surface area contributed by atoms with Crippen LogP contribution in [-0.4, -0.2) is 11.9 Å². The summed E-state index contributed by atoms with van der Waals surface area (Å²) >= 11 is 0. The summed E-state index contributed by atoms with van der Waals surface area (Å²) in [6.07, 6.45) is 24.7. The number of carbonyl (C=O) groups is 2. The Kier molecular flexibility index (Phi) is 20.2. The van der Waals surface area contributed by atoms with E-state index >= 15 is 0 Å². The summed E-state index contributed by atoms with van der Waals surface area (Å²) < 4.78 is 0.